The second-order valence-electron chi connectivity index (χ2n) is 3.99. The highest BCUT2D eigenvalue weighted by atomic mass is 16.5. The Morgan fingerprint density at radius 1 is 1.33 bits per heavy atom. The normalized spacial score (nSPS) is 12.6. The van der Waals surface area contributed by atoms with Crippen molar-refractivity contribution in [1.82, 2.24) is 10.1 Å². The molecule has 0 saturated carbocycles. The Hall–Kier alpha value is -1.72. The largest absolute Gasteiger partial charge is 0.372 e. The number of hydrogen-bond acceptors (Lipinski definition) is 5. The van der Waals surface area contributed by atoms with E-state index in [1.54, 1.807) is 7.11 Å². The molecule has 2 rings (SSSR count). The average Bonchev–Trinajstić information content (AvgIpc) is 2.90. The number of benzene rings is 1. The summed E-state index contributed by atoms with van der Waals surface area (Å²) in [4.78, 5) is 4.34. The van der Waals surface area contributed by atoms with Gasteiger partial charge in [-0.3, -0.25) is 0 Å². The maximum absolute atomic E-state index is 5.55. The van der Waals surface area contributed by atoms with Gasteiger partial charge in [-0.25, -0.2) is 0 Å². The minimum Gasteiger partial charge on any atom is -0.372 e. The Morgan fingerprint density at radius 3 is 2.61 bits per heavy atom. The second kappa shape index (κ2) is 5.75. The lowest BCUT2D eigenvalue weighted by molar-refractivity contribution is 0.0706. The van der Waals surface area contributed by atoms with Gasteiger partial charge in [0.1, 0.15) is 6.10 Å². The third-order valence-corrected chi connectivity index (χ3v) is 2.82. The molecule has 0 bridgehead atoms. The molecule has 0 aliphatic rings. The maximum Gasteiger partial charge on any atom is 0.256 e. The van der Waals surface area contributed by atoms with Gasteiger partial charge in [0.05, 0.1) is 0 Å². The molecule has 5 heteroatoms. The van der Waals surface area contributed by atoms with Crippen molar-refractivity contribution >= 4 is 0 Å². The van der Waals surface area contributed by atoms with Gasteiger partial charge in [-0.05, 0) is 12.0 Å². The molecule has 18 heavy (non-hydrogen) atoms. The molecule has 2 aromatic rings. The Bertz CT molecular complexity index is 489. The molecule has 0 aliphatic heterocycles. The number of nitrogens with zero attached hydrogens (tertiary/aromatic N) is 2. The van der Waals surface area contributed by atoms with Gasteiger partial charge >= 0.3 is 0 Å². The van der Waals surface area contributed by atoms with Crippen LogP contribution in [-0.2, 0) is 11.3 Å². The SMILES string of the molecule is CC[C@H](OC)c1nc(-c2ccc(CN)cc2)no1. The van der Waals surface area contributed by atoms with E-state index in [0.717, 1.165) is 17.5 Å². The monoisotopic (exact) mass is 247 g/mol. The molecule has 0 spiro atoms. The van der Waals surface area contributed by atoms with Gasteiger partial charge in [0.2, 0.25) is 5.82 Å². The van der Waals surface area contributed by atoms with Crippen LogP contribution in [0.5, 0.6) is 0 Å². The van der Waals surface area contributed by atoms with E-state index in [2.05, 4.69) is 10.1 Å². The number of nitrogens with two attached hydrogens (primary N) is 1. The summed E-state index contributed by atoms with van der Waals surface area (Å²) < 4.78 is 10.5. The summed E-state index contributed by atoms with van der Waals surface area (Å²) in [7, 11) is 1.63. The highest BCUT2D eigenvalue weighted by Crippen LogP contribution is 2.22. The zero-order chi connectivity index (χ0) is 13.0. The van der Waals surface area contributed by atoms with E-state index in [1.807, 2.05) is 31.2 Å². The molecule has 2 N–H and O–H groups in total. The van der Waals surface area contributed by atoms with Crippen LogP contribution in [0.4, 0.5) is 0 Å². The maximum atomic E-state index is 5.55. The van der Waals surface area contributed by atoms with Crippen LogP contribution in [0.3, 0.4) is 0 Å². The number of rotatable bonds is 5. The van der Waals surface area contributed by atoms with Crippen LogP contribution >= 0.6 is 0 Å². The fraction of sp³-hybridized carbons (Fsp3) is 0.385. The fourth-order valence-corrected chi connectivity index (χ4v) is 1.72. The van der Waals surface area contributed by atoms with Crippen molar-refractivity contribution in [3.63, 3.8) is 0 Å². The van der Waals surface area contributed by atoms with Crippen molar-refractivity contribution in [2.75, 3.05) is 7.11 Å². The Kier molecular flexibility index (Phi) is 4.07. The average molecular weight is 247 g/mol. The van der Waals surface area contributed by atoms with Crippen molar-refractivity contribution in [1.29, 1.82) is 0 Å². The summed E-state index contributed by atoms with van der Waals surface area (Å²) in [6.45, 7) is 2.54. The molecule has 0 unspecified atom stereocenters. The molecule has 0 saturated heterocycles. The molecule has 1 aromatic heterocycles. The van der Waals surface area contributed by atoms with Crippen LogP contribution in [-0.4, -0.2) is 17.3 Å². The summed E-state index contributed by atoms with van der Waals surface area (Å²) in [6, 6.07) is 7.78. The van der Waals surface area contributed by atoms with Crippen molar-refractivity contribution in [2.45, 2.75) is 26.0 Å². The minimum atomic E-state index is -0.144. The molecular formula is C13H17N3O2. The smallest absolute Gasteiger partial charge is 0.256 e. The van der Waals surface area contributed by atoms with Gasteiger partial charge in [-0.15, -0.1) is 0 Å². The number of ether oxygens (including phenoxy) is 1. The molecule has 1 atom stereocenters. The standard InChI is InChI=1S/C13H17N3O2/c1-3-11(17-2)13-15-12(16-18-13)10-6-4-9(8-14)5-7-10/h4-7,11H,3,8,14H2,1-2H3/t11-/m0/s1. The summed E-state index contributed by atoms with van der Waals surface area (Å²) in [5.74, 6) is 1.09. The van der Waals surface area contributed by atoms with Gasteiger partial charge in [-0.2, -0.15) is 4.98 Å². The van der Waals surface area contributed by atoms with E-state index in [-0.39, 0.29) is 6.10 Å². The minimum absolute atomic E-state index is 0.144. The highest BCUT2D eigenvalue weighted by molar-refractivity contribution is 5.54. The van der Waals surface area contributed by atoms with Gasteiger partial charge in [0, 0.05) is 19.2 Å². The predicted octanol–water partition coefficient (Wildman–Crippen LogP) is 2.29. The summed E-state index contributed by atoms with van der Waals surface area (Å²) in [5, 5.41) is 3.96. The van der Waals surface area contributed by atoms with E-state index < -0.39 is 0 Å². The van der Waals surface area contributed by atoms with E-state index in [0.29, 0.717) is 18.3 Å². The van der Waals surface area contributed by atoms with Crippen LogP contribution < -0.4 is 5.73 Å². The Balaban J connectivity index is 2.23. The lowest BCUT2D eigenvalue weighted by atomic mass is 10.1. The molecule has 0 aliphatic carbocycles. The lowest BCUT2D eigenvalue weighted by Crippen LogP contribution is -1.99. The molecule has 0 amide bonds. The number of aromatic nitrogens is 2. The second-order valence-corrected chi connectivity index (χ2v) is 3.99. The van der Waals surface area contributed by atoms with Crippen LogP contribution in [0.15, 0.2) is 28.8 Å². The quantitative estimate of drug-likeness (QED) is 0.877. The first-order chi connectivity index (χ1) is 8.78. The van der Waals surface area contributed by atoms with E-state index >= 15 is 0 Å². The lowest BCUT2D eigenvalue weighted by Gasteiger charge is -2.05. The fourth-order valence-electron chi connectivity index (χ4n) is 1.72. The zero-order valence-corrected chi connectivity index (χ0v) is 10.6. The van der Waals surface area contributed by atoms with Crippen molar-refractivity contribution < 1.29 is 9.26 Å². The van der Waals surface area contributed by atoms with E-state index in [9.17, 15) is 0 Å². The molecule has 0 radical (unpaired) electrons. The third-order valence-electron chi connectivity index (χ3n) is 2.82. The third kappa shape index (κ3) is 2.57. The summed E-state index contributed by atoms with van der Waals surface area (Å²) in [6.07, 6.45) is 0.652. The number of hydrogen-bond donors (Lipinski definition) is 1. The van der Waals surface area contributed by atoms with Crippen LogP contribution in [0, 0.1) is 0 Å². The number of methoxy groups -OCH3 is 1. The van der Waals surface area contributed by atoms with Gasteiger partial charge in [0.25, 0.3) is 5.89 Å². The predicted molar refractivity (Wildman–Crippen MR) is 67.7 cm³/mol. The van der Waals surface area contributed by atoms with E-state index in [1.165, 1.54) is 0 Å². The topological polar surface area (TPSA) is 74.2 Å². The molecule has 5 nitrogen and oxygen atoms in total. The molecule has 96 valence electrons. The van der Waals surface area contributed by atoms with Gasteiger partial charge in [-0.1, -0.05) is 36.3 Å². The van der Waals surface area contributed by atoms with Crippen molar-refractivity contribution in [2.24, 2.45) is 5.73 Å². The van der Waals surface area contributed by atoms with Gasteiger partial charge < -0.3 is 15.0 Å². The van der Waals surface area contributed by atoms with Crippen LogP contribution in [0.2, 0.25) is 0 Å². The first-order valence-corrected chi connectivity index (χ1v) is 5.94. The Morgan fingerprint density at radius 2 is 2.06 bits per heavy atom. The van der Waals surface area contributed by atoms with Crippen LogP contribution in [0.1, 0.15) is 30.9 Å². The molecule has 1 aromatic carbocycles. The first-order valence-electron chi connectivity index (χ1n) is 5.94. The van der Waals surface area contributed by atoms with Crippen LogP contribution in [0.25, 0.3) is 11.4 Å². The highest BCUT2D eigenvalue weighted by Gasteiger charge is 2.17. The van der Waals surface area contributed by atoms with Crippen molar-refractivity contribution in [3.05, 3.63) is 35.7 Å². The molecule has 1 heterocycles. The first kappa shape index (κ1) is 12.7. The molecular weight excluding hydrogens is 230 g/mol. The molecule has 0 fully saturated rings. The van der Waals surface area contributed by atoms with Gasteiger partial charge in [0.15, 0.2) is 0 Å². The van der Waals surface area contributed by atoms with Crippen molar-refractivity contribution in [3.8, 4) is 11.4 Å². The Labute approximate surface area is 106 Å². The zero-order valence-electron chi connectivity index (χ0n) is 10.6. The van der Waals surface area contributed by atoms with E-state index in [4.69, 9.17) is 15.0 Å². The summed E-state index contributed by atoms with van der Waals surface area (Å²) in [5.41, 5.74) is 7.54. The summed E-state index contributed by atoms with van der Waals surface area (Å²) >= 11 is 0.